The van der Waals surface area contributed by atoms with Crippen LogP contribution in [0.3, 0.4) is 0 Å². The molecule has 1 saturated heterocycles. The van der Waals surface area contributed by atoms with E-state index in [1.165, 1.54) is 5.56 Å². The summed E-state index contributed by atoms with van der Waals surface area (Å²) >= 11 is 0. The molecule has 150 valence electrons. The van der Waals surface area contributed by atoms with Crippen LogP contribution >= 0.6 is 0 Å². The molecule has 1 N–H and O–H groups in total. The fraction of sp³-hybridized carbons (Fsp3) is 0.458. The molecule has 1 unspecified atom stereocenters. The van der Waals surface area contributed by atoms with Crippen LogP contribution in [0.15, 0.2) is 60.7 Å². The third-order valence-corrected chi connectivity index (χ3v) is 5.36. The first-order valence-electron chi connectivity index (χ1n) is 10.1. The number of piperidine rings is 1. The molecule has 0 aliphatic carbocycles. The number of hydrogen-bond donors (Lipinski definition) is 1. The van der Waals surface area contributed by atoms with Gasteiger partial charge in [0.1, 0.15) is 5.60 Å². The molecule has 0 spiro atoms. The second-order valence-electron chi connectivity index (χ2n) is 8.74. The summed E-state index contributed by atoms with van der Waals surface area (Å²) < 4.78 is 5.68. The van der Waals surface area contributed by atoms with Gasteiger partial charge < -0.3 is 9.84 Å². The van der Waals surface area contributed by atoms with Gasteiger partial charge in [0.05, 0.1) is 12.1 Å². The van der Waals surface area contributed by atoms with Crippen LogP contribution in [0.2, 0.25) is 0 Å². The van der Waals surface area contributed by atoms with E-state index in [-0.39, 0.29) is 18.2 Å². The highest BCUT2D eigenvalue weighted by Gasteiger charge is 2.42. The maximum absolute atomic E-state index is 13.0. The van der Waals surface area contributed by atoms with Gasteiger partial charge in [-0.2, -0.15) is 0 Å². The molecule has 1 aliphatic rings. The zero-order valence-electron chi connectivity index (χ0n) is 17.2. The van der Waals surface area contributed by atoms with E-state index < -0.39 is 11.7 Å². The van der Waals surface area contributed by atoms with Gasteiger partial charge in [0.15, 0.2) is 0 Å². The molecule has 3 rings (SSSR count). The Bertz CT molecular complexity index is 769. The van der Waals surface area contributed by atoms with Crippen LogP contribution in [-0.2, 0) is 4.74 Å². The summed E-state index contributed by atoms with van der Waals surface area (Å²) in [6.45, 7) is 7.66. The number of aliphatic hydroxyl groups excluding tert-OH is 1. The minimum Gasteiger partial charge on any atom is -0.444 e. The topological polar surface area (TPSA) is 49.8 Å². The molecule has 1 heterocycles. The van der Waals surface area contributed by atoms with Crippen LogP contribution in [0.5, 0.6) is 0 Å². The van der Waals surface area contributed by atoms with E-state index in [0.29, 0.717) is 12.3 Å². The zero-order valence-corrected chi connectivity index (χ0v) is 17.2. The molecule has 0 aromatic heterocycles. The number of hydrogen-bond acceptors (Lipinski definition) is 3. The molecule has 0 radical (unpaired) electrons. The van der Waals surface area contributed by atoms with Crippen molar-refractivity contribution in [3.05, 3.63) is 71.8 Å². The van der Waals surface area contributed by atoms with Crippen LogP contribution in [0.25, 0.3) is 0 Å². The summed E-state index contributed by atoms with van der Waals surface area (Å²) in [5.74, 6) is 0.290. The van der Waals surface area contributed by atoms with Crippen molar-refractivity contribution < 1.29 is 14.6 Å². The SMILES string of the molecule is C[C@@H]1CC(c2ccccc2)C[C@H]([C@@H](O)c2ccccc2)N1C(=O)OC(C)(C)C. The number of carbonyl (C=O) groups excluding carboxylic acids is 1. The molecule has 1 fully saturated rings. The summed E-state index contributed by atoms with van der Waals surface area (Å²) in [6.07, 6.45) is 0.430. The normalized spacial score (nSPS) is 23.9. The lowest BCUT2D eigenvalue weighted by Crippen LogP contribution is -2.54. The second-order valence-corrected chi connectivity index (χ2v) is 8.74. The number of benzene rings is 2. The molecule has 1 amide bonds. The third kappa shape index (κ3) is 4.74. The fourth-order valence-electron chi connectivity index (χ4n) is 4.13. The van der Waals surface area contributed by atoms with E-state index in [1.54, 1.807) is 4.90 Å². The van der Waals surface area contributed by atoms with Crippen molar-refractivity contribution in [1.29, 1.82) is 0 Å². The van der Waals surface area contributed by atoms with Gasteiger partial charge in [-0.05, 0) is 57.6 Å². The van der Waals surface area contributed by atoms with Gasteiger partial charge in [0.2, 0.25) is 0 Å². The highest BCUT2D eigenvalue weighted by Crippen LogP contribution is 2.40. The lowest BCUT2D eigenvalue weighted by atomic mass is 9.79. The van der Waals surface area contributed by atoms with E-state index >= 15 is 0 Å². The molecule has 2 aromatic carbocycles. The standard InChI is InChI=1S/C24H31NO3/c1-17-15-20(18-11-7-5-8-12-18)16-21(22(26)19-13-9-6-10-14-19)25(17)23(27)28-24(2,3)4/h5-14,17,20-22,26H,15-16H2,1-4H3/t17-,20?,21-,22+/m1/s1. The van der Waals surface area contributed by atoms with Crippen LogP contribution in [-0.4, -0.2) is 33.8 Å². The lowest BCUT2D eigenvalue weighted by Gasteiger charge is -2.46. The van der Waals surface area contributed by atoms with E-state index in [9.17, 15) is 9.90 Å². The zero-order chi connectivity index (χ0) is 20.3. The summed E-state index contributed by atoms with van der Waals surface area (Å²) in [4.78, 5) is 14.8. The van der Waals surface area contributed by atoms with Crippen LogP contribution < -0.4 is 0 Å². The number of nitrogens with zero attached hydrogens (tertiary/aromatic N) is 1. The van der Waals surface area contributed by atoms with E-state index in [0.717, 1.165) is 12.0 Å². The van der Waals surface area contributed by atoms with Crippen molar-refractivity contribution in [2.45, 2.75) is 70.2 Å². The van der Waals surface area contributed by atoms with Gasteiger partial charge in [0, 0.05) is 6.04 Å². The molecular formula is C24H31NO3. The van der Waals surface area contributed by atoms with Crippen molar-refractivity contribution in [3.8, 4) is 0 Å². The van der Waals surface area contributed by atoms with Gasteiger partial charge >= 0.3 is 6.09 Å². The van der Waals surface area contributed by atoms with Gasteiger partial charge in [-0.1, -0.05) is 60.7 Å². The van der Waals surface area contributed by atoms with Crippen molar-refractivity contribution in [3.63, 3.8) is 0 Å². The Morgan fingerprint density at radius 3 is 2.18 bits per heavy atom. The maximum atomic E-state index is 13.0. The first-order chi connectivity index (χ1) is 13.3. The average Bonchev–Trinajstić information content (AvgIpc) is 2.66. The summed E-state index contributed by atoms with van der Waals surface area (Å²) in [6, 6.07) is 19.6. The third-order valence-electron chi connectivity index (χ3n) is 5.36. The number of ether oxygens (including phenoxy) is 1. The Morgan fingerprint density at radius 1 is 1.04 bits per heavy atom. The Hall–Kier alpha value is -2.33. The number of carbonyl (C=O) groups is 1. The molecule has 28 heavy (non-hydrogen) atoms. The molecule has 1 aliphatic heterocycles. The molecule has 2 aromatic rings. The number of likely N-dealkylation sites (tertiary alicyclic amines) is 1. The maximum Gasteiger partial charge on any atom is 0.410 e. The van der Waals surface area contributed by atoms with Gasteiger partial charge in [0.25, 0.3) is 0 Å². The van der Waals surface area contributed by atoms with Crippen molar-refractivity contribution >= 4 is 6.09 Å². The predicted molar refractivity (Wildman–Crippen MR) is 111 cm³/mol. The molecule has 0 bridgehead atoms. The average molecular weight is 382 g/mol. The molecule has 4 heteroatoms. The van der Waals surface area contributed by atoms with Crippen molar-refractivity contribution in [1.82, 2.24) is 4.90 Å². The quantitative estimate of drug-likeness (QED) is 0.786. The minimum absolute atomic E-state index is 0.0304. The summed E-state index contributed by atoms with van der Waals surface area (Å²) in [7, 11) is 0. The van der Waals surface area contributed by atoms with Gasteiger partial charge in [-0.15, -0.1) is 0 Å². The number of rotatable bonds is 3. The molecule has 4 nitrogen and oxygen atoms in total. The van der Waals surface area contributed by atoms with Gasteiger partial charge in [-0.25, -0.2) is 4.79 Å². The van der Waals surface area contributed by atoms with Crippen LogP contribution in [0.4, 0.5) is 4.79 Å². The molecule has 4 atom stereocenters. The molecular weight excluding hydrogens is 350 g/mol. The lowest BCUT2D eigenvalue weighted by molar-refractivity contribution is -0.0360. The highest BCUT2D eigenvalue weighted by atomic mass is 16.6. The Labute approximate surface area is 168 Å². The van der Waals surface area contributed by atoms with E-state index in [4.69, 9.17) is 4.74 Å². The van der Waals surface area contributed by atoms with Crippen molar-refractivity contribution in [2.75, 3.05) is 0 Å². The smallest absolute Gasteiger partial charge is 0.410 e. The molecule has 0 saturated carbocycles. The minimum atomic E-state index is -0.761. The monoisotopic (exact) mass is 381 g/mol. The number of amides is 1. The van der Waals surface area contributed by atoms with E-state index in [1.807, 2.05) is 76.2 Å². The first kappa shape index (κ1) is 20.4. The Morgan fingerprint density at radius 2 is 1.61 bits per heavy atom. The van der Waals surface area contributed by atoms with Crippen LogP contribution in [0.1, 0.15) is 63.7 Å². The van der Waals surface area contributed by atoms with E-state index in [2.05, 4.69) is 12.1 Å². The van der Waals surface area contributed by atoms with Crippen molar-refractivity contribution in [2.24, 2.45) is 0 Å². The predicted octanol–water partition coefficient (Wildman–Crippen LogP) is 5.29. The Balaban J connectivity index is 1.92. The largest absolute Gasteiger partial charge is 0.444 e. The van der Waals surface area contributed by atoms with Crippen LogP contribution in [0, 0.1) is 0 Å². The number of aliphatic hydroxyl groups is 1. The Kier molecular flexibility index (Phi) is 6.09. The van der Waals surface area contributed by atoms with Gasteiger partial charge in [-0.3, -0.25) is 4.90 Å². The summed E-state index contributed by atoms with van der Waals surface area (Å²) in [5.41, 5.74) is 1.50. The first-order valence-corrected chi connectivity index (χ1v) is 10.1. The summed E-state index contributed by atoms with van der Waals surface area (Å²) in [5, 5.41) is 11.2. The fourth-order valence-corrected chi connectivity index (χ4v) is 4.13. The highest BCUT2D eigenvalue weighted by molar-refractivity contribution is 5.69. The second kappa shape index (κ2) is 8.36.